The summed E-state index contributed by atoms with van der Waals surface area (Å²) >= 11 is 1.74. The second-order valence-electron chi connectivity index (χ2n) is 7.98. The zero-order valence-corrected chi connectivity index (χ0v) is 17.1. The lowest BCUT2D eigenvalue weighted by Crippen LogP contribution is -2.52. The molecule has 2 heterocycles. The summed E-state index contributed by atoms with van der Waals surface area (Å²) in [6, 6.07) is 0.0455. The Bertz CT molecular complexity index is 509. The van der Waals surface area contributed by atoms with E-state index in [9.17, 15) is 0 Å². The molecule has 4 nitrogen and oxygen atoms in total. The third kappa shape index (κ3) is 5.01. The van der Waals surface area contributed by atoms with Crippen LogP contribution in [0.5, 0.6) is 0 Å². The summed E-state index contributed by atoms with van der Waals surface area (Å²) in [6.45, 7) is 16.3. The molecule has 0 radical (unpaired) electrons. The average molecular weight is 354 g/mol. The highest BCUT2D eigenvalue weighted by atomic mass is 32.1. The van der Waals surface area contributed by atoms with Crippen LogP contribution in [0.4, 0.5) is 0 Å². The lowest BCUT2D eigenvalue weighted by atomic mass is 9.93. The van der Waals surface area contributed by atoms with Crippen molar-refractivity contribution in [3.63, 3.8) is 0 Å². The van der Waals surface area contributed by atoms with Crippen molar-refractivity contribution in [2.75, 3.05) is 19.7 Å². The lowest BCUT2D eigenvalue weighted by molar-refractivity contribution is -0.0706. The fourth-order valence-corrected chi connectivity index (χ4v) is 4.31. The van der Waals surface area contributed by atoms with Crippen molar-refractivity contribution >= 4 is 11.3 Å². The van der Waals surface area contributed by atoms with Gasteiger partial charge >= 0.3 is 0 Å². The molecule has 0 spiro atoms. The Morgan fingerprint density at radius 3 is 2.71 bits per heavy atom. The van der Waals surface area contributed by atoms with E-state index in [0.29, 0.717) is 12.0 Å². The Balaban J connectivity index is 1.86. The number of ether oxygens (including phenoxy) is 1. The van der Waals surface area contributed by atoms with Crippen molar-refractivity contribution in [2.24, 2.45) is 11.7 Å². The minimum Gasteiger partial charge on any atom is -0.376 e. The fourth-order valence-electron chi connectivity index (χ4n) is 3.37. The summed E-state index contributed by atoms with van der Waals surface area (Å²) in [7, 11) is 0. The summed E-state index contributed by atoms with van der Waals surface area (Å²) in [4.78, 5) is 8.48. The second kappa shape index (κ2) is 8.26. The fraction of sp³-hybridized carbons (Fsp3) is 0.842. The van der Waals surface area contributed by atoms with Crippen LogP contribution in [-0.4, -0.2) is 41.2 Å². The molecule has 5 heteroatoms. The number of morpholine rings is 1. The molecule has 2 rings (SSSR count). The van der Waals surface area contributed by atoms with E-state index in [0.717, 1.165) is 43.2 Å². The quantitative estimate of drug-likeness (QED) is 0.803. The Morgan fingerprint density at radius 1 is 1.42 bits per heavy atom. The van der Waals surface area contributed by atoms with Crippen molar-refractivity contribution in [2.45, 2.75) is 78.5 Å². The molecule has 0 bridgehead atoms. The van der Waals surface area contributed by atoms with Crippen LogP contribution in [-0.2, 0) is 4.74 Å². The molecule has 1 aliphatic heterocycles. The first kappa shape index (κ1) is 19.8. The lowest BCUT2D eigenvalue weighted by Gasteiger charge is -2.43. The predicted octanol–water partition coefficient (Wildman–Crippen LogP) is 4.07. The third-order valence-electron chi connectivity index (χ3n) is 5.54. The number of hydrogen-bond acceptors (Lipinski definition) is 5. The standard InChI is InChI=1S/C19H35N3OS/c1-7-19(5,6)22-8-9-23-16(12-22)10-13(2)11-17(20)18-21-14(3)15(4)24-18/h13,16-17H,7-12,20H2,1-6H3. The van der Waals surface area contributed by atoms with Crippen molar-refractivity contribution in [1.82, 2.24) is 9.88 Å². The molecule has 3 atom stereocenters. The maximum Gasteiger partial charge on any atom is 0.110 e. The van der Waals surface area contributed by atoms with Crippen molar-refractivity contribution in [1.29, 1.82) is 0 Å². The molecule has 2 N–H and O–H groups in total. The van der Waals surface area contributed by atoms with Gasteiger partial charge in [-0.15, -0.1) is 11.3 Å². The summed E-state index contributed by atoms with van der Waals surface area (Å²) in [5.41, 5.74) is 7.78. The highest BCUT2D eigenvalue weighted by molar-refractivity contribution is 7.11. The number of hydrogen-bond donors (Lipinski definition) is 1. The van der Waals surface area contributed by atoms with E-state index in [2.05, 4.69) is 51.4 Å². The van der Waals surface area contributed by atoms with Gasteiger partial charge in [-0.1, -0.05) is 13.8 Å². The smallest absolute Gasteiger partial charge is 0.110 e. The largest absolute Gasteiger partial charge is 0.376 e. The van der Waals surface area contributed by atoms with Crippen LogP contribution in [0, 0.1) is 19.8 Å². The van der Waals surface area contributed by atoms with Crippen molar-refractivity contribution in [3.05, 3.63) is 15.6 Å². The monoisotopic (exact) mass is 353 g/mol. The van der Waals surface area contributed by atoms with Gasteiger partial charge in [0, 0.05) is 23.5 Å². The Hall–Kier alpha value is -0.490. The normalized spacial score (nSPS) is 22.5. The highest BCUT2D eigenvalue weighted by Gasteiger charge is 2.31. The zero-order valence-electron chi connectivity index (χ0n) is 16.3. The van der Waals surface area contributed by atoms with E-state index in [1.807, 2.05) is 0 Å². The average Bonchev–Trinajstić information content (AvgIpc) is 2.87. The van der Waals surface area contributed by atoms with Crippen LogP contribution in [0.1, 0.15) is 68.6 Å². The molecule has 0 aliphatic carbocycles. The maximum absolute atomic E-state index is 6.40. The summed E-state index contributed by atoms with van der Waals surface area (Å²) in [5.74, 6) is 0.541. The number of nitrogens with two attached hydrogens (primary N) is 1. The molecular formula is C19H35N3OS. The van der Waals surface area contributed by atoms with Gasteiger partial charge in [-0.2, -0.15) is 0 Å². The molecular weight excluding hydrogens is 318 g/mol. The molecule has 1 aliphatic rings. The van der Waals surface area contributed by atoms with Gasteiger partial charge in [-0.3, -0.25) is 4.90 Å². The first-order valence-corrected chi connectivity index (χ1v) is 10.1. The second-order valence-corrected chi connectivity index (χ2v) is 9.22. The van der Waals surface area contributed by atoms with Crippen LogP contribution in [0.25, 0.3) is 0 Å². The van der Waals surface area contributed by atoms with Crippen LogP contribution in [0.15, 0.2) is 0 Å². The van der Waals surface area contributed by atoms with Gasteiger partial charge in [0.05, 0.1) is 24.4 Å². The van der Waals surface area contributed by atoms with Gasteiger partial charge in [0.25, 0.3) is 0 Å². The van der Waals surface area contributed by atoms with Crippen LogP contribution in [0.3, 0.4) is 0 Å². The molecule has 24 heavy (non-hydrogen) atoms. The van der Waals surface area contributed by atoms with Crippen LogP contribution in [0.2, 0.25) is 0 Å². The molecule has 3 unspecified atom stereocenters. The molecule has 1 saturated heterocycles. The minimum atomic E-state index is 0.0455. The summed E-state index contributed by atoms with van der Waals surface area (Å²) < 4.78 is 6.03. The minimum absolute atomic E-state index is 0.0455. The molecule has 1 aromatic rings. The molecule has 1 aromatic heterocycles. The van der Waals surface area contributed by atoms with Gasteiger partial charge in [-0.25, -0.2) is 4.98 Å². The molecule has 1 fully saturated rings. The van der Waals surface area contributed by atoms with E-state index in [1.54, 1.807) is 11.3 Å². The van der Waals surface area contributed by atoms with E-state index in [1.165, 1.54) is 11.3 Å². The van der Waals surface area contributed by atoms with E-state index < -0.39 is 0 Å². The first-order chi connectivity index (χ1) is 11.2. The highest BCUT2D eigenvalue weighted by Crippen LogP contribution is 2.29. The SMILES string of the molecule is CCC(C)(C)N1CCOC(CC(C)CC(N)c2nc(C)c(C)s2)C1. The van der Waals surface area contributed by atoms with Gasteiger partial charge < -0.3 is 10.5 Å². The number of aromatic nitrogens is 1. The van der Waals surface area contributed by atoms with Crippen molar-refractivity contribution in [3.8, 4) is 0 Å². The summed E-state index contributed by atoms with van der Waals surface area (Å²) in [5, 5.41) is 1.08. The van der Waals surface area contributed by atoms with Crippen LogP contribution >= 0.6 is 11.3 Å². The van der Waals surface area contributed by atoms with E-state index >= 15 is 0 Å². The Morgan fingerprint density at radius 2 is 2.12 bits per heavy atom. The van der Waals surface area contributed by atoms with E-state index in [-0.39, 0.29) is 11.6 Å². The topological polar surface area (TPSA) is 51.4 Å². The zero-order chi connectivity index (χ0) is 17.9. The number of thiazole rings is 1. The Labute approximate surface area is 151 Å². The molecule has 0 aromatic carbocycles. The number of rotatable bonds is 7. The van der Waals surface area contributed by atoms with Gasteiger partial charge in [0.15, 0.2) is 0 Å². The first-order valence-electron chi connectivity index (χ1n) is 9.29. The molecule has 138 valence electrons. The number of nitrogens with zero attached hydrogens (tertiary/aromatic N) is 2. The van der Waals surface area contributed by atoms with Gasteiger partial charge in [0.2, 0.25) is 0 Å². The molecule has 0 amide bonds. The maximum atomic E-state index is 6.40. The third-order valence-corrected chi connectivity index (χ3v) is 6.75. The Kier molecular flexibility index (Phi) is 6.82. The molecule has 0 saturated carbocycles. The van der Waals surface area contributed by atoms with Gasteiger partial charge in [-0.05, 0) is 52.9 Å². The van der Waals surface area contributed by atoms with E-state index in [4.69, 9.17) is 10.5 Å². The van der Waals surface area contributed by atoms with Crippen LogP contribution < -0.4 is 5.73 Å². The van der Waals surface area contributed by atoms with Crippen molar-refractivity contribution < 1.29 is 4.74 Å². The number of aryl methyl sites for hydroxylation is 2. The summed E-state index contributed by atoms with van der Waals surface area (Å²) in [6.07, 6.45) is 3.55. The van der Waals surface area contributed by atoms with Gasteiger partial charge in [0.1, 0.15) is 5.01 Å². The predicted molar refractivity (Wildman–Crippen MR) is 103 cm³/mol.